The molecule has 0 radical (unpaired) electrons. The topological polar surface area (TPSA) is 66.9 Å². The minimum absolute atomic E-state index is 0.216. The van der Waals surface area contributed by atoms with Crippen molar-refractivity contribution in [3.8, 4) is 5.75 Å². The number of carbonyl (C=O) groups is 1. The Balaban J connectivity index is 1.60. The van der Waals surface area contributed by atoms with E-state index in [0.29, 0.717) is 18.6 Å². The number of hydrogen-bond acceptors (Lipinski definition) is 5. The van der Waals surface area contributed by atoms with E-state index in [0.717, 1.165) is 28.0 Å². The predicted octanol–water partition coefficient (Wildman–Crippen LogP) is 6.06. The highest BCUT2D eigenvalue weighted by Gasteiger charge is 2.42. The molecule has 0 bridgehead atoms. The average Bonchev–Trinajstić information content (AvgIpc) is 3.53. The highest BCUT2D eigenvalue weighted by molar-refractivity contribution is 7.91. The van der Waals surface area contributed by atoms with Crippen LogP contribution >= 0.6 is 11.3 Å². The number of amides is 1. The molecule has 2 atom stereocenters. The van der Waals surface area contributed by atoms with Crippen LogP contribution in [0.3, 0.4) is 0 Å². The molecule has 1 fully saturated rings. The molecule has 1 aromatic heterocycles. The van der Waals surface area contributed by atoms with Gasteiger partial charge in [-0.1, -0.05) is 60.7 Å². The summed E-state index contributed by atoms with van der Waals surface area (Å²) in [4.78, 5) is 16.4. The molecule has 6 nitrogen and oxygen atoms in total. The molecule has 0 spiro atoms. The highest BCUT2D eigenvalue weighted by Crippen LogP contribution is 2.35. The summed E-state index contributed by atoms with van der Waals surface area (Å²) in [5.74, 6) is 0.0691. The monoisotopic (exact) mass is 578 g/mol. The largest absolute Gasteiger partial charge is 0.497 e. The van der Waals surface area contributed by atoms with E-state index < -0.39 is 16.1 Å². The van der Waals surface area contributed by atoms with Gasteiger partial charge < -0.3 is 9.64 Å². The van der Waals surface area contributed by atoms with Gasteiger partial charge in [0.15, 0.2) is 0 Å². The number of methoxy groups -OCH3 is 1. The van der Waals surface area contributed by atoms with Gasteiger partial charge in [-0.15, -0.1) is 11.3 Å². The van der Waals surface area contributed by atoms with Crippen LogP contribution in [0.25, 0.3) is 0 Å². The Labute approximate surface area is 238 Å². The molecule has 208 valence electrons. The van der Waals surface area contributed by atoms with Gasteiger partial charge in [0.1, 0.15) is 21.8 Å². The van der Waals surface area contributed by atoms with Crippen LogP contribution in [-0.4, -0.2) is 43.2 Å². The van der Waals surface area contributed by atoms with Gasteiger partial charge in [-0.25, -0.2) is 12.8 Å². The lowest BCUT2D eigenvalue weighted by Gasteiger charge is -2.41. The Morgan fingerprint density at radius 2 is 1.65 bits per heavy atom. The van der Waals surface area contributed by atoms with E-state index >= 15 is 0 Å². The van der Waals surface area contributed by atoms with Crippen LogP contribution in [0.4, 0.5) is 4.39 Å². The molecule has 1 aliphatic heterocycles. The second-order valence-corrected chi connectivity index (χ2v) is 12.8. The van der Waals surface area contributed by atoms with E-state index in [2.05, 4.69) is 0 Å². The molecule has 4 aromatic rings. The second kappa shape index (κ2) is 12.3. The minimum Gasteiger partial charge on any atom is -0.497 e. The van der Waals surface area contributed by atoms with Crippen molar-refractivity contribution in [1.29, 1.82) is 0 Å². The molecular formula is C31H31FN2O4S2. The first kappa shape index (κ1) is 28.0. The van der Waals surface area contributed by atoms with Gasteiger partial charge in [-0.2, -0.15) is 4.31 Å². The molecule has 5 rings (SSSR count). The van der Waals surface area contributed by atoms with E-state index in [1.807, 2.05) is 54.6 Å². The first-order valence-corrected chi connectivity index (χ1v) is 15.5. The molecule has 1 amide bonds. The van der Waals surface area contributed by atoms with Crippen molar-refractivity contribution in [2.75, 3.05) is 13.7 Å². The van der Waals surface area contributed by atoms with Crippen molar-refractivity contribution in [2.24, 2.45) is 0 Å². The van der Waals surface area contributed by atoms with Crippen molar-refractivity contribution in [2.45, 2.75) is 42.1 Å². The van der Waals surface area contributed by atoms with Crippen molar-refractivity contribution in [1.82, 2.24) is 9.21 Å². The third kappa shape index (κ3) is 6.11. The van der Waals surface area contributed by atoms with Crippen LogP contribution < -0.4 is 4.74 Å². The molecule has 0 unspecified atom stereocenters. The summed E-state index contributed by atoms with van der Waals surface area (Å²) in [5.41, 5.74) is 2.57. The van der Waals surface area contributed by atoms with Crippen molar-refractivity contribution in [3.63, 3.8) is 0 Å². The van der Waals surface area contributed by atoms with Crippen LogP contribution in [0.1, 0.15) is 35.6 Å². The maximum Gasteiger partial charge on any atom is 0.253 e. The number of carbonyl (C=O) groups excluding carboxylic acids is 1. The Morgan fingerprint density at radius 1 is 0.925 bits per heavy atom. The molecule has 9 heteroatoms. The number of nitrogens with zero attached hydrogens (tertiary/aromatic N) is 2. The molecular weight excluding hydrogens is 547 g/mol. The lowest BCUT2D eigenvalue weighted by atomic mass is 9.95. The number of benzene rings is 3. The molecule has 1 aliphatic rings. The normalized spacial score (nSPS) is 18.8. The Morgan fingerprint density at radius 3 is 2.30 bits per heavy atom. The summed E-state index contributed by atoms with van der Waals surface area (Å²) >= 11 is 1.15. The van der Waals surface area contributed by atoms with Crippen molar-refractivity contribution < 1.29 is 22.3 Å². The molecule has 1 saturated heterocycles. The smallest absolute Gasteiger partial charge is 0.253 e. The number of sulfonamides is 1. The summed E-state index contributed by atoms with van der Waals surface area (Å²) < 4.78 is 48.5. The number of hydrogen-bond donors (Lipinski definition) is 0. The molecule has 2 heterocycles. The highest BCUT2D eigenvalue weighted by atomic mass is 32.2. The maximum atomic E-state index is 14.6. The van der Waals surface area contributed by atoms with E-state index in [1.54, 1.807) is 41.7 Å². The number of rotatable bonds is 8. The van der Waals surface area contributed by atoms with Gasteiger partial charge in [0.2, 0.25) is 5.91 Å². The standard InChI is InChI=1S/C31H31FN2O4S2/c1-38-27-17-13-25(14-18-27)28-9-5-19-34(40(36,37)30-10-6-20-39-30)29(21-23-7-3-2-4-8-23)31(35)33(28)22-24-11-15-26(32)16-12-24/h2-4,6-8,10-18,20,28-29H,5,9,19,21-22H2,1H3/t28-,29-/m1/s1. The summed E-state index contributed by atoms with van der Waals surface area (Å²) in [5, 5.41) is 1.73. The van der Waals surface area contributed by atoms with E-state index in [1.165, 1.54) is 16.4 Å². The maximum absolute atomic E-state index is 14.6. The van der Waals surface area contributed by atoms with Crippen molar-refractivity contribution in [3.05, 3.63) is 119 Å². The Kier molecular flexibility index (Phi) is 8.63. The zero-order valence-electron chi connectivity index (χ0n) is 22.1. The Bertz CT molecular complexity index is 1510. The summed E-state index contributed by atoms with van der Waals surface area (Å²) in [6.07, 6.45) is 1.35. The third-order valence-corrected chi connectivity index (χ3v) is 10.5. The second-order valence-electron chi connectivity index (χ2n) is 9.78. The first-order valence-electron chi connectivity index (χ1n) is 13.1. The van der Waals surface area contributed by atoms with Gasteiger partial charge in [0, 0.05) is 13.1 Å². The molecule has 0 N–H and O–H groups in total. The third-order valence-electron chi connectivity index (χ3n) is 7.24. The van der Waals surface area contributed by atoms with Gasteiger partial charge >= 0.3 is 0 Å². The minimum atomic E-state index is -3.92. The quantitative estimate of drug-likeness (QED) is 0.255. The van der Waals surface area contributed by atoms with Gasteiger partial charge in [-0.3, -0.25) is 4.79 Å². The number of ether oxygens (including phenoxy) is 1. The fraction of sp³-hybridized carbons (Fsp3) is 0.258. The first-order chi connectivity index (χ1) is 19.4. The van der Waals surface area contributed by atoms with Crippen LogP contribution in [0.15, 0.2) is 101 Å². The lowest BCUT2D eigenvalue weighted by molar-refractivity contribution is -0.140. The Hall–Kier alpha value is -3.53. The van der Waals surface area contributed by atoms with E-state index in [-0.39, 0.29) is 41.5 Å². The van der Waals surface area contributed by atoms with Gasteiger partial charge in [-0.05, 0) is 71.7 Å². The van der Waals surface area contributed by atoms with E-state index in [9.17, 15) is 17.6 Å². The fourth-order valence-electron chi connectivity index (χ4n) is 5.21. The molecule has 0 aliphatic carbocycles. The number of thiophene rings is 1. The number of halogens is 1. The summed E-state index contributed by atoms with van der Waals surface area (Å²) in [7, 11) is -2.31. The summed E-state index contributed by atoms with van der Waals surface area (Å²) in [6, 6.07) is 25.2. The average molecular weight is 579 g/mol. The summed E-state index contributed by atoms with van der Waals surface area (Å²) in [6.45, 7) is 0.439. The predicted molar refractivity (Wildman–Crippen MR) is 154 cm³/mol. The molecule has 3 aromatic carbocycles. The van der Waals surface area contributed by atoms with Gasteiger partial charge in [0.25, 0.3) is 10.0 Å². The van der Waals surface area contributed by atoms with E-state index in [4.69, 9.17) is 4.74 Å². The zero-order chi connectivity index (χ0) is 28.1. The van der Waals surface area contributed by atoms with Gasteiger partial charge in [0.05, 0.1) is 13.2 Å². The van der Waals surface area contributed by atoms with Crippen LogP contribution in [0.2, 0.25) is 0 Å². The van der Waals surface area contributed by atoms with Crippen molar-refractivity contribution >= 4 is 27.3 Å². The van der Waals surface area contributed by atoms with Crippen LogP contribution in [0.5, 0.6) is 5.75 Å². The SMILES string of the molecule is COc1ccc([C@H]2CCCN(S(=O)(=O)c3cccs3)[C@H](Cc3ccccc3)C(=O)N2Cc2ccc(F)cc2)cc1. The lowest BCUT2D eigenvalue weighted by Crippen LogP contribution is -2.54. The molecule has 0 saturated carbocycles. The molecule has 40 heavy (non-hydrogen) atoms. The van der Waals surface area contributed by atoms with Crippen LogP contribution in [-0.2, 0) is 27.8 Å². The fourth-order valence-corrected chi connectivity index (χ4v) is 7.95. The zero-order valence-corrected chi connectivity index (χ0v) is 23.8. The van der Waals surface area contributed by atoms with Crippen LogP contribution in [0, 0.1) is 5.82 Å².